The van der Waals surface area contributed by atoms with Gasteiger partial charge in [0.2, 0.25) is 0 Å². The van der Waals surface area contributed by atoms with Gasteiger partial charge in [-0.25, -0.2) is 0 Å². The smallest absolute Gasteiger partial charge is 0.291 e. The Hall–Kier alpha value is -1.27. The van der Waals surface area contributed by atoms with E-state index in [0.717, 1.165) is 31.6 Å². The van der Waals surface area contributed by atoms with Gasteiger partial charge in [-0.1, -0.05) is 34.8 Å². The van der Waals surface area contributed by atoms with Gasteiger partial charge in [0.1, 0.15) is 5.02 Å². The summed E-state index contributed by atoms with van der Waals surface area (Å²) in [5.41, 5.74) is 0.944. The van der Waals surface area contributed by atoms with Crippen LogP contribution in [0.2, 0.25) is 15.1 Å². The van der Waals surface area contributed by atoms with E-state index >= 15 is 0 Å². The lowest BCUT2D eigenvalue weighted by atomic mass is 9.97. The van der Waals surface area contributed by atoms with Crippen molar-refractivity contribution in [3.63, 3.8) is 0 Å². The molecule has 0 amide bonds. The third kappa shape index (κ3) is 3.40. The van der Waals surface area contributed by atoms with Crippen LogP contribution in [0.3, 0.4) is 0 Å². The largest absolute Gasteiger partial charge is 0.396 e. The topological polar surface area (TPSA) is 58.4 Å². The van der Waals surface area contributed by atoms with E-state index in [1.807, 2.05) is 6.07 Å². The fraction of sp³-hybridized carbons (Fsp3) is 0.375. The summed E-state index contributed by atoms with van der Waals surface area (Å²) >= 11 is 18.1. The highest BCUT2D eigenvalue weighted by atomic mass is 35.5. The highest BCUT2D eigenvalue weighted by molar-refractivity contribution is 6.41. The summed E-state index contributed by atoms with van der Waals surface area (Å²) in [7, 11) is 0. The summed E-state index contributed by atoms with van der Waals surface area (Å²) in [6.45, 7) is 1.91. The Labute approximate surface area is 154 Å². The van der Waals surface area contributed by atoms with Gasteiger partial charge >= 0.3 is 0 Å². The van der Waals surface area contributed by atoms with E-state index in [1.165, 1.54) is 10.9 Å². The Morgan fingerprint density at radius 2 is 1.88 bits per heavy atom. The van der Waals surface area contributed by atoms with Gasteiger partial charge in [0.15, 0.2) is 0 Å². The molecule has 0 spiro atoms. The maximum Gasteiger partial charge on any atom is 0.291 e. The van der Waals surface area contributed by atoms with Crippen molar-refractivity contribution in [2.24, 2.45) is 5.92 Å². The van der Waals surface area contributed by atoms with Crippen molar-refractivity contribution in [3.8, 4) is 5.69 Å². The number of aromatic nitrogens is 2. The maximum absolute atomic E-state index is 12.2. The number of aliphatic hydroxyl groups excluding tert-OH is 1. The summed E-state index contributed by atoms with van der Waals surface area (Å²) in [4.78, 5) is 14.3. The van der Waals surface area contributed by atoms with Crippen LogP contribution in [0, 0.1) is 5.92 Å². The van der Waals surface area contributed by atoms with Crippen LogP contribution in [-0.2, 0) is 0 Å². The molecule has 24 heavy (non-hydrogen) atoms. The number of benzene rings is 1. The summed E-state index contributed by atoms with van der Waals surface area (Å²) in [5.74, 6) is 0.360. The van der Waals surface area contributed by atoms with E-state index in [2.05, 4.69) is 10.00 Å². The van der Waals surface area contributed by atoms with Gasteiger partial charge in [-0.05, 0) is 37.0 Å². The predicted octanol–water partition coefficient (Wildman–Crippen LogP) is 3.40. The molecule has 1 saturated heterocycles. The fourth-order valence-corrected chi connectivity index (χ4v) is 3.38. The molecule has 2 heterocycles. The van der Waals surface area contributed by atoms with Crippen LogP contribution >= 0.6 is 34.8 Å². The fourth-order valence-electron chi connectivity index (χ4n) is 2.84. The Morgan fingerprint density at radius 3 is 2.50 bits per heavy atom. The molecule has 8 heteroatoms. The second kappa shape index (κ2) is 7.31. The average molecular weight is 389 g/mol. The van der Waals surface area contributed by atoms with Crippen LogP contribution in [-0.4, -0.2) is 34.6 Å². The molecule has 1 aromatic heterocycles. The van der Waals surface area contributed by atoms with Gasteiger partial charge in [0, 0.05) is 19.7 Å². The average Bonchev–Trinajstić information content (AvgIpc) is 2.60. The number of piperidine rings is 1. The molecule has 0 bridgehead atoms. The number of rotatable bonds is 3. The highest BCUT2D eigenvalue weighted by Gasteiger charge is 2.20. The zero-order valence-electron chi connectivity index (χ0n) is 12.8. The molecule has 0 unspecified atom stereocenters. The summed E-state index contributed by atoms with van der Waals surface area (Å²) in [5, 5.41) is 13.8. The minimum Gasteiger partial charge on any atom is -0.396 e. The van der Waals surface area contributed by atoms with Crippen molar-refractivity contribution in [1.29, 1.82) is 0 Å². The van der Waals surface area contributed by atoms with Gasteiger partial charge in [-0.15, -0.1) is 0 Å². The molecule has 0 aliphatic carbocycles. The SMILES string of the molecule is O=c1c(Cl)c(Cl)cnn1-c1ccc(N2CCC(CO)CC2)c(Cl)c1. The molecule has 2 aromatic rings. The van der Waals surface area contributed by atoms with Crippen LogP contribution in [0.15, 0.2) is 29.2 Å². The van der Waals surface area contributed by atoms with Crippen LogP contribution in [0.5, 0.6) is 0 Å². The molecule has 5 nitrogen and oxygen atoms in total. The first-order valence-corrected chi connectivity index (χ1v) is 8.73. The monoisotopic (exact) mass is 387 g/mol. The Morgan fingerprint density at radius 1 is 1.17 bits per heavy atom. The van der Waals surface area contributed by atoms with Crippen molar-refractivity contribution in [1.82, 2.24) is 9.78 Å². The minimum atomic E-state index is -0.489. The van der Waals surface area contributed by atoms with Gasteiger partial charge in [0.05, 0.1) is 27.6 Å². The van der Waals surface area contributed by atoms with Crippen molar-refractivity contribution < 1.29 is 5.11 Å². The third-order valence-corrected chi connectivity index (χ3v) is 5.32. The first kappa shape index (κ1) is 17.5. The van der Waals surface area contributed by atoms with Crippen molar-refractivity contribution in [2.75, 3.05) is 24.6 Å². The molecule has 0 atom stereocenters. The molecular formula is C16H16Cl3N3O2. The predicted molar refractivity (Wildman–Crippen MR) is 96.9 cm³/mol. The Balaban J connectivity index is 1.88. The normalized spacial score (nSPS) is 15.8. The van der Waals surface area contributed by atoms with Gasteiger partial charge in [-0.2, -0.15) is 9.78 Å². The Kier molecular flexibility index (Phi) is 5.35. The van der Waals surface area contributed by atoms with Crippen LogP contribution < -0.4 is 10.5 Å². The molecule has 1 aliphatic rings. The first-order valence-electron chi connectivity index (χ1n) is 7.60. The number of nitrogens with zero attached hydrogens (tertiary/aromatic N) is 3. The quantitative estimate of drug-likeness (QED) is 0.875. The molecule has 1 aromatic carbocycles. The minimum absolute atomic E-state index is 0.0714. The molecule has 1 N–H and O–H groups in total. The summed E-state index contributed by atoms with van der Waals surface area (Å²) in [6.07, 6.45) is 3.19. The molecule has 3 rings (SSSR count). The van der Waals surface area contributed by atoms with Crippen molar-refractivity contribution >= 4 is 40.5 Å². The van der Waals surface area contributed by atoms with Gasteiger partial charge in [0.25, 0.3) is 5.56 Å². The van der Waals surface area contributed by atoms with Crippen LogP contribution in [0.25, 0.3) is 5.69 Å². The summed E-state index contributed by atoms with van der Waals surface area (Å²) in [6, 6.07) is 5.33. The number of hydrogen-bond acceptors (Lipinski definition) is 4. The molecule has 1 aliphatic heterocycles. The van der Waals surface area contributed by atoms with Crippen LogP contribution in [0.4, 0.5) is 5.69 Å². The number of aliphatic hydroxyl groups is 1. The van der Waals surface area contributed by atoms with Gasteiger partial charge in [-0.3, -0.25) is 4.79 Å². The maximum atomic E-state index is 12.2. The lowest BCUT2D eigenvalue weighted by Gasteiger charge is -2.33. The molecule has 0 radical (unpaired) electrons. The third-order valence-electron chi connectivity index (χ3n) is 4.27. The second-order valence-corrected chi connectivity index (χ2v) is 6.96. The highest BCUT2D eigenvalue weighted by Crippen LogP contribution is 2.31. The lowest BCUT2D eigenvalue weighted by Crippen LogP contribution is -2.34. The van der Waals surface area contributed by atoms with Crippen molar-refractivity contribution in [3.05, 3.63) is 49.8 Å². The molecule has 1 fully saturated rings. The van der Waals surface area contributed by atoms with E-state index in [-0.39, 0.29) is 16.7 Å². The number of halogens is 3. The van der Waals surface area contributed by atoms with E-state index < -0.39 is 5.56 Å². The van der Waals surface area contributed by atoms with Gasteiger partial charge < -0.3 is 10.0 Å². The van der Waals surface area contributed by atoms with E-state index in [9.17, 15) is 9.90 Å². The molecular weight excluding hydrogens is 373 g/mol. The Bertz CT molecular complexity index is 802. The number of hydrogen-bond donors (Lipinski definition) is 1. The lowest BCUT2D eigenvalue weighted by molar-refractivity contribution is 0.203. The zero-order valence-corrected chi connectivity index (χ0v) is 15.0. The van der Waals surface area contributed by atoms with Crippen molar-refractivity contribution in [2.45, 2.75) is 12.8 Å². The number of anilines is 1. The zero-order chi connectivity index (χ0) is 17.3. The summed E-state index contributed by atoms with van der Waals surface area (Å²) < 4.78 is 1.17. The first-order chi connectivity index (χ1) is 11.5. The molecule has 128 valence electrons. The molecule has 0 saturated carbocycles. The van der Waals surface area contributed by atoms with Crippen LogP contribution in [0.1, 0.15) is 12.8 Å². The standard InChI is InChI=1S/C16H16Cl3N3O2/c17-12-7-11(22-16(24)15(19)13(18)8-20-22)1-2-14(12)21-5-3-10(9-23)4-6-21/h1-2,7-8,10,23H,3-6,9H2. The second-order valence-electron chi connectivity index (χ2n) is 5.77. The van der Waals surface area contributed by atoms with E-state index in [1.54, 1.807) is 12.1 Å². The van der Waals surface area contributed by atoms with E-state index in [4.69, 9.17) is 34.8 Å². The van der Waals surface area contributed by atoms with E-state index in [0.29, 0.717) is 16.6 Å².